The molecule has 0 unspecified atom stereocenters. The lowest BCUT2D eigenvalue weighted by molar-refractivity contribution is 0.0987. The second kappa shape index (κ2) is 4.93. The molecular weight excluding hydrogens is 214 g/mol. The van der Waals surface area contributed by atoms with E-state index in [-0.39, 0.29) is 5.78 Å². The van der Waals surface area contributed by atoms with Crippen molar-refractivity contribution in [3.8, 4) is 0 Å². The summed E-state index contributed by atoms with van der Waals surface area (Å²) in [7, 11) is 1.80. The molecule has 0 atom stereocenters. The van der Waals surface area contributed by atoms with Gasteiger partial charge in [-0.05, 0) is 17.2 Å². The number of hydrogen-bond donors (Lipinski definition) is 1. The van der Waals surface area contributed by atoms with E-state index in [1.54, 1.807) is 24.0 Å². The quantitative estimate of drug-likeness (QED) is 0.804. The Morgan fingerprint density at radius 3 is 2.59 bits per heavy atom. The summed E-state index contributed by atoms with van der Waals surface area (Å²) >= 11 is 0. The molecule has 0 spiro atoms. The normalized spacial score (nSPS) is 10.5. The zero-order chi connectivity index (χ0) is 12.3. The average Bonchev–Trinajstić information content (AvgIpc) is 2.77. The van der Waals surface area contributed by atoms with Gasteiger partial charge in [-0.1, -0.05) is 24.3 Å². The van der Waals surface area contributed by atoms with Gasteiger partial charge in [0.2, 0.25) is 0 Å². The van der Waals surface area contributed by atoms with Crippen LogP contribution in [0.15, 0.2) is 36.5 Å². The summed E-state index contributed by atoms with van der Waals surface area (Å²) in [6.45, 7) is 0.450. The van der Waals surface area contributed by atoms with E-state index in [1.165, 1.54) is 0 Å². The minimum absolute atomic E-state index is 0.0199. The van der Waals surface area contributed by atoms with Gasteiger partial charge in [-0.25, -0.2) is 0 Å². The van der Waals surface area contributed by atoms with Crippen LogP contribution in [-0.4, -0.2) is 15.6 Å². The smallest absolute Gasteiger partial charge is 0.187 e. The Kier molecular flexibility index (Phi) is 3.35. The maximum absolute atomic E-state index is 12.0. The second-order valence-corrected chi connectivity index (χ2v) is 3.95. The van der Waals surface area contributed by atoms with Gasteiger partial charge in [0.05, 0.1) is 0 Å². The topological polar surface area (TPSA) is 60.9 Å². The fourth-order valence-corrected chi connectivity index (χ4v) is 1.76. The molecule has 4 heteroatoms. The Labute approximate surface area is 100 Å². The van der Waals surface area contributed by atoms with Crippen LogP contribution < -0.4 is 5.73 Å². The third-order valence-electron chi connectivity index (χ3n) is 2.69. The molecule has 0 aliphatic heterocycles. The highest BCUT2D eigenvalue weighted by atomic mass is 16.1. The first-order chi connectivity index (χ1) is 8.20. The van der Waals surface area contributed by atoms with Crippen molar-refractivity contribution < 1.29 is 4.79 Å². The molecule has 0 fully saturated rings. The van der Waals surface area contributed by atoms with Crippen LogP contribution in [0.25, 0.3) is 0 Å². The van der Waals surface area contributed by atoms with E-state index in [0.717, 1.165) is 11.1 Å². The molecule has 88 valence electrons. The third kappa shape index (κ3) is 2.60. The molecule has 1 aromatic carbocycles. The summed E-state index contributed by atoms with van der Waals surface area (Å²) in [5, 5.41) is 4.10. The van der Waals surface area contributed by atoms with Gasteiger partial charge in [0.15, 0.2) is 5.78 Å². The number of carbonyl (C=O) groups excluding carboxylic acids is 1. The number of hydrogen-bond acceptors (Lipinski definition) is 3. The number of rotatable bonds is 4. The van der Waals surface area contributed by atoms with Crippen LogP contribution in [-0.2, 0) is 20.0 Å². The van der Waals surface area contributed by atoms with E-state index in [1.807, 2.05) is 24.3 Å². The highest BCUT2D eigenvalue weighted by Crippen LogP contribution is 2.11. The minimum Gasteiger partial charge on any atom is -0.326 e. The zero-order valence-electron chi connectivity index (χ0n) is 9.76. The van der Waals surface area contributed by atoms with E-state index in [0.29, 0.717) is 18.7 Å². The standard InChI is InChI=1S/C13H15N3O/c1-16-7-6-12(15-16)13(17)8-10-4-2-3-5-11(10)9-14/h2-7H,8-9,14H2,1H3. The fourth-order valence-electron chi connectivity index (χ4n) is 1.76. The molecule has 0 aliphatic rings. The number of aromatic nitrogens is 2. The second-order valence-electron chi connectivity index (χ2n) is 3.95. The van der Waals surface area contributed by atoms with E-state index in [2.05, 4.69) is 5.10 Å². The molecule has 2 rings (SSSR count). The average molecular weight is 229 g/mol. The Hall–Kier alpha value is -1.94. The van der Waals surface area contributed by atoms with Crippen molar-refractivity contribution in [2.24, 2.45) is 12.8 Å². The van der Waals surface area contributed by atoms with Crippen molar-refractivity contribution >= 4 is 5.78 Å². The van der Waals surface area contributed by atoms with E-state index in [9.17, 15) is 4.79 Å². The maximum atomic E-state index is 12.0. The van der Waals surface area contributed by atoms with Crippen LogP contribution in [0.5, 0.6) is 0 Å². The lowest BCUT2D eigenvalue weighted by Gasteiger charge is -2.05. The zero-order valence-corrected chi connectivity index (χ0v) is 9.76. The van der Waals surface area contributed by atoms with Crippen molar-refractivity contribution in [2.75, 3.05) is 0 Å². The van der Waals surface area contributed by atoms with Gasteiger partial charge < -0.3 is 5.73 Å². The first-order valence-electron chi connectivity index (χ1n) is 5.50. The monoisotopic (exact) mass is 229 g/mol. The number of aryl methyl sites for hydroxylation is 1. The maximum Gasteiger partial charge on any atom is 0.187 e. The highest BCUT2D eigenvalue weighted by molar-refractivity contribution is 5.95. The first-order valence-corrected chi connectivity index (χ1v) is 5.50. The van der Waals surface area contributed by atoms with Crippen molar-refractivity contribution in [1.82, 2.24) is 9.78 Å². The summed E-state index contributed by atoms with van der Waals surface area (Å²) in [6.07, 6.45) is 2.12. The summed E-state index contributed by atoms with van der Waals surface area (Å²) in [5.41, 5.74) is 8.13. The number of nitrogens with two attached hydrogens (primary N) is 1. The van der Waals surface area contributed by atoms with Gasteiger partial charge in [-0.2, -0.15) is 5.10 Å². The number of benzene rings is 1. The Morgan fingerprint density at radius 2 is 2.00 bits per heavy atom. The molecule has 1 heterocycles. The molecule has 0 bridgehead atoms. The van der Waals surface area contributed by atoms with Gasteiger partial charge in [0.25, 0.3) is 0 Å². The van der Waals surface area contributed by atoms with Gasteiger partial charge in [0, 0.05) is 26.2 Å². The van der Waals surface area contributed by atoms with Crippen LogP contribution in [0, 0.1) is 0 Å². The minimum atomic E-state index is 0.0199. The van der Waals surface area contributed by atoms with Crippen LogP contribution in [0.2, 0.25) is 0 Å². The number of carbonyl (C=O) groups is 1. The van der Waals surface area contributed by atoms with E-state index in [4.69, 9.17) is 5.73 Å². The molecule has 0 radical (unpaired) electrons. The predicted octanol–water partition coefficient (Wildman–Crippen LogP) is 1.30. The Morgan fingerprint density at radius 1 is 1.29 bits per heavy atom. The lowest BCUT2D eigenvalue weighted by Crippen LogP contribution is -2.09. The van der Waals surface area contributed by atoms with Gasteiger partial charge in [-0.3, -0.25) is 9.48 Å². The molecule has 0 aliphatic carbocycles. The molecule has 0 saturated carbocycles. The molecule has 2 N–H and O–H groups in total. The lowest BCUT2D eigenvalue weighted by atomic mass is 10.0. The van der Waals surface area contributed by atoms with E-state index < -0.39 is 0 Å². The van der Waals surface area contributed by atoms with Crippen molar-refractivity contribution in [2.45, 2.75) is 13.0 Å². The van der Waals surface area contributed by atoms with Crippen molar-refractivity contribution in [1.29, 1.82) is 0 Å². The van der Waals surface area contributed by atoms with Gasteiger partial charge in [0.1, 0.15) is 5.69 Å². The molecule has 4 nitrogen and oxygen atoms in total. The summed E-state index contributed by atoms with van der Waals surface area (Å²) in [6, 6.07) is 9.45. The molecular formula is C13H15N3O. The van der Waals surface area contributed by atoms with Crippen LogP contribution >= 0.6 is 0 Å². The van der Waals surface area contributed by atoms with Crippen LogP contribution in [0.1, 0.15) is 21.6 Å². The van der Waals surface area contributed by atoms with Crippen molar-refractivity contribution in [3.05, 3.63) is 53.3 Å². The molecule has 17 heavy (non-hydrogen) atoms. The highest BCUT2D eigenvalue weighted by Gasteiger charge is 2.11. The number of nitrogens with zero attached hydrogens (tertiary/aromatic N) is 2. The van der Waals surface area contributed by atoms with E-state index >= 15 is 0 Å². The summed E-state index contributed by atoms with van der Waals surface area (Å²) < 4.78 is 1.63. The number of ketones is 1. The molecule has 0 amide bonds. The first kappa shape index (κ1) is 11.5. The summed E-state index contributed by atoms with van der Waals surface area (Å²) in [5.74, 6) is 0.0199. The molecule has 0 saturated heterocycles. The Balaban J connectivity index is 2.18. The molecule has 1 aromatic heterocycles. The van der Waals surface area contributed by atoms with Crippen molar-refractivity contribution in [3.63, 3.8) is 0 Å². The number of Topliss-reactive ketones (excluding diaryl/α,β-unsaturated/α-hetero) is 1. The van der Waals surface area contributed by atoms with Crippen LogP contribution in [0.3, 0.4) is 0 Å². The SMILES string of the molecule is Cn1ccc(C(=O)Cc2ccccc2CN)n1. The van der Waals surface area contributed by atoms with Gasteiger partial charge in [-0.15, -0.1) is 0 Å². The Bertz CT molecular complexity index is 531. The predicted molar refractivity (Wildman–Crippen MR) is 65.6 cm³/mol. The van der Waals surface area contributed by atoms with Crippen LogP contribution in [0.4, 0.5) is 0 Å². The van der Waals surface area contributed by atoms with Gasteiger partial charge >= 0.3 is 0 Å². The fraction of sp³-hybridized carbons (Fsp3) is 0.231. The third-order valence-corrected chi connectivity index (χ3v) is 2.69. The molecule has 2 aromatic rings. The largest absolute Gasteiger partial charge is 0.326 e. The summed E-state index contributed by atoms with van der Waals surface area (Å²) in [4.78, 5) is 12.0.